The van der Waals surface area contributed by atoms with Crippen molar-refractivity contribution < 1.29 is 18.0 Å². The zero-order valence-corrected chi connectivity index (χ0v) is 20.1. The summed E-state index contributed by atoms with van der Waals surface area (Å²) in [6, 6.07) is 11.0. The average Bonchev–Trinajstić information content (AvgIpc) is 3.21. The Morgan fingerprint density at radius 1 is 1.03 bits per heavy atom. The maximum absolute atomic E-state index is 13.0. The molecule has 0 unspecified atom stereocenters. The van der Waals surface area contributed by atoms with E-state index < -0.39 is 22.8 Å². The lowest BCUT2D eigenvalue weighted by atomic mass is 10.0. The number of aromatic nitrogens is 4. The number of aromatic amines is 1. The lowest BCUT2D eigenvalue weighted by molar-refractivity contribution is -0.137. The Morgan fingerprint density at radius 3 is 2.42 bits per heavy atom. The van der Waals surface area contributed by atoms with Crippen LogP contribution in [0.15, 0.2) is 54.7 Å². The van der Waals surface area contributed by atoms with Crippen molar-refractivity contribution >= 4 is 52.2 Å². The maximum Gasteiger partial charge on any atom is 0.417 e. The molecule has 2 heterocycles. The van der Waals surface area contributed by atoms with Gasteiger partial charge in [0, 0.05) is 30.1 Å². The molecular formula is C23H18Cl2F3N7O. The third-order valence-electron chi connectivity index (χ3n) is 4.99. The standard InChI is InChI=1S/C23H18Cl2F3N7O/c1-12-8-14(30-22(36)31-15-4-5-17(24)16(10-15)23(26,27)28)3-2-13(12)9-20-29-7-6-19(32-20)33-21-11-18(25)34-35-21/h2-8,10-11H,9H2,1H3,(H2,30,31,36)(H2,29,32,33,34,35). The summed E-state index contributed by atoms with van der Waals surface area (Å²) in [5, 5.41) is 14.5. The summed E-state index contributed by atoms with van der Waals surface area (Å²) in [7, 11) is 0. The third-order valence-corrected chi connectivity index (χ3v) is 5.52. The van der Waals surface area contributed by atoms with Crippen LogP contribution in [0.4, 0.5) is 41.0 Å². The molecule has 0 aliphatic rings. The van der Waals surface area contributed by atoms with Crippen LogP contribution in [-0.2, 0) is 12.6 Å². The zero-order chi connectivity index (χ0) is 25.9. The predicted molar refractivity (Wildman–Crippen MR) is 132 cm³/mol. The highest BCUT2D eigenvalue weighted by Crippen LogP contribution is 2.36. The number of nitrogens with zero attached hydrogens (tertiary/aromatic N) is 3. The molecule has 0 bridgehead atoms. The quantitative estimate of drug-likeness (QED) is 0.217. The van der Waals surface area contributed by atoms with E-state index in [-0.39, 0.29) is 5.69 Å². The topological polar surface area (TPSA) is 108 Å². The van der Waals surface area contributed by atoms with Gasteiger partial charge in [0.1, 0.15) is 17.5 Å². The second-order valence-electron chi connectivity index (χ2n) is 7.68. The van der Waals surface area contributed by atoms with Crippen LogP contribution in [0.3, 0.4) is 0 Å². The summed E-state index contributed by atoms with van der Waals surface area (Å²) in [6.45, 7) is 1.86. The van der Waals surface area contributed by atoms with Crippen LogP contribution >= 0.6 is 23.2 Å². The van der Waals surface area contributed by atoms with Crippen LogP contribution in [0.25, 0.3) is 0 Å². The minimum atomic E-state index is -4.63. The lowest BCUT2D eigenvalue weighted by Crippen LogP contribution is -2.20. The molecule has 0 atom stereocenters. The summed E-state index contributed by atoms with van der Waals surface area (Å²) < 4.78 is 39.1. The van der Waals surface area contributed by atoms with Crippen LogP contribution in [-0.4, -0.2) is 26.2 Å². The predicted octanol–water partition coefficient (Wildman–Crippen LogP) is 6.81. The molecule has 2 aromatic carbocycles. The minimum Gasteiger partial charge on any atom is -0.325 e. The molecule has 0 saturated carbocycles. The molecule has 0 aliphatic heterocycles. The van der Waals surface area contributed by atoms with E-state index in [4.69, 9.17) is 23.2 Å². The van der Waals surface area contributed by atoms with E-state index in [1.165, 1.54) is 6.07 Å². The van der Waals surface area contributed by atoms with E-state index in [2.05, 4.69) is 36.1 Å². The van der Waals surface area contributed by atoms with E-state index >= 15 is 0 Å². The highest BCUT2D eigenvalue weighted by Gasteiger charge is 2.33. The molecule has 13 heteroatoms. The van der Waals surface area contributed by atoms with Gasteiger partial charge >= 0.3 is 12.2 Å². The normalized spacial score (nSPS) is 11.3. The number of hydrogen-bond acceptors (Lipinski definition) is 5. The molecule has 0 saturated heterocycles. The molecule has 0 spiro atoms. The molecule has 186 valence electrons. The van der Waals surface area contributed by atoms with E-state index in [0.717, 1.165) is 23.3 Å². The second kappa shape index (κ2) is 10.4. The van der Waals surface area contributed by atoms with Gasteiger partial charge in [-0.25, -0.2) is 14.8 Å². The smallest absolute Gasteiger partial charge is 0.325 e. The Balaban J connectivity index is 1.40. The number of nitrogens with one attached hydrogen (secondary N) is 4. The van der Waals surface area contributed by atoms with Gasteiger partial charge in [-0.3, -0.25) is 5.10 Å². The summed E-state index contributed by atoms with van der Waals surface area (Å²) in [5.41, 5.74) is 1.18. The summed E-state index contributed by atoms with van der Waals surface area (Å²) in [4.78, 5) is 21.1. The number of amides is 2. The minimum absolute atomic E-state index is 0.0411. The molecule has 4 rings (SSSR count). The van der Waals surface area contributed by atoms with Gasteiger partial charge in [-0.1, -0.05) is 29.3 Å². The highest BCUT2D eigenvalue weighted by atomic mass is 35.5. The first kappa shape index (κ1) is 25.3. The molecule has 2 amide bonds. The average molecular weight is 536 g/mol. The van der Waals surface area contributed by atoms with Gasteiger partial charge in [0.15, 0.2) is 5.15 Å². The molecule has 36 heavy (non-hydrogen) atoms. The van der Waals surface area contributed by atoms with Crippen molar-refractivity contribution in [3.05, 3.63) is 87.4 Å². The number of rotatable bonds is 6. The molecular weight excluding hydrogens is 518 g/mol. The Bertz CT molecular complexity index is 1410. The first-order valence-corrected chi connectivity index (χ1v) is 11.2. The lowest BCUT2D eigenvalue weighted by Gasteiger charge is -2.13. The van der Waals surface area contributed by atoms with Gasteiger partial charge in [-0.05, 0) is 54.4 Å². The van der Waals surface area contributed by atoms with E-state index in [1.54, 1.807) is 30.5 Å². The molecule has 8 nitrogen and oxygen atoms in total. The van der Waals surface area contributed by atoms with Gasteiger partial charge in [-0.15, -0.1) is 0 Å². The number of urea groups is 1. The van der Waals surface area contributed by atoms with Crippen LogP contribution in [0.5, 0.6) is 0 Å². The monoisotopic (exact) mass is 535 g/mol. The maximum atomic E-state index is 13.0. The van der Waals surface area contributed by atoms with E-state index in [0.29, 0.717) is 34.7 Å². The van der Waals surface area contributed by atoms with Crippen molar-refractivity contribution in [3.8, 4) is 0 Å². The van der Waals surface area contributed by atoms with Crippen molar-refractivity contribution in [1.82, 2.24) is 20.2 Å². The Kier molecular flexibility index (Phi) is 7.32. The summed E-state index contributed by atoms with van der Waals surface area (Å²) >= 11 is 11.4. The number of halogens is 5. The number of carbonyl (C=O) groups excluding carboxylic acids is 1. The fraction of sp³-hybridized carbons (Fsp3) is 0.130. The molecule has 4 aromatic rings. The molecule has 0 aliphatic carbocycles. The number of carbonyl (C=O) groups is 1. The molecule has 4 N–H and O–H groups in total. The SMILES string of the molecule is Cc1cc(NC(=O)Nc2ccc(Cl)c(C(F)(F)F)c2)ccc1Cc1nccc(Nc2cc(Cl)n[nH]2)n1. The van der Waals surface area contributed by atoms with E-state index in [1.807, 2.05) is 13.0 Å². The Labute approximate surface area is 213 Å². The largest absolute Gasteiger partial charge is 0.417 e. The van der Waals surface area contributed by atoms with Crippen LogP contribution in [0.1, 0.15) is 22.5 Å². The van der Waals surface area contributed by atoms with Crippen molar-refractivity contribution in [3.63, 3.8) is 0 Å². The van der Waals surface area contributed by atoms with Gasteiger partial charge in [-0.2, -0.15) is 18.3 Å². The number of anilines is 4. The first-order chi connectivity index (χ1) is 17.1. The Morgan fingerprint density at radius 2 is 1.75 bits per heavy atom. The van der Waals surface area contributed by atoms with Gasteiger partial charge in [0.25, 0.3) is 0 Å². The van der Waals surface area contributed by atoms with Gasteiger partial charge in [0.2, 0.25) is 0 Å². The number of H-pyrrole nitrogens is 1. The third kappa shape index (κ3) is 6.43. The van der Waals surface area contributed by atoms with Crippen molar-refractivity contribution in [2.45, 2.75) is 19.5 Å². The molecule has 0 radical (unpaired) electrons. The van der Waals surface area contributed by atoms with Gasteiger partial charge in [0.05, 0.1) is 10.6 Å². The summed E-state index contributed by atoms with van der Waals surface area (Å²) in [5.74, 6) is 1.71. The first-order valence-electron chi connectivity index (χ1n) is 10.4. The Hall–Kier alpha value is -3.83. The summed E-state index contributed by atoms with van der Waals surface area (Å²) in [6.07, 6.45) is -2.58. The zero-order valence-electron chi connectivity index (χ0n) is 18.5. The van der Waals surface area contributed by atoms with Crippen molar-refractivity contribution in [2.75, 3.05) is 16.0 Å². The number of benzene rings is 2. The van der Waals surface area contributed by atoms with Gasteiger partial charge < -0.3 is 16.0 Å². The van der Waals surface area contributed by atoms with Crippen LogP contribution < -0.4 is 16.0 Å². The number of aryl methyl sites for hydroxylation is 1. The number of hydrogen-bond donors (Lipinski definition) is 4. The van der Waals surface area contributed by atoms with Crippen LogP contribution in [0, 0.1) is 6.92 Å². The van der Waals surface area contributed by atoms with Crippen LogP contribution in [0.2, 0.25) is 10.2 Å². The van der Waals surface area contributed by atoms with E-state index in [9.17, 15) is 18.0 Å². The molecule has 2 aromatic heterocycles. The highest BCUT2D eigenvalue weighted by molar-refractivity contribution is 6.31. The fourth-order valence-electron chi connectivity index (χ4n) is 3.31. The van der Waals surface area contributed by atoms with Crippen molar-refractivity contribution in [2.24, 2.45) is 0 Å². The fourth-order valence-corrected chi connectivity index (χ4v) is 3.69. The number of alkyl halides is 3. The second-order valence-corrected chi connectivity index (χ2v) is 8.47. The van der Waals surface area contributed by atoms with Crippen molar-refractivity contribution in [1.29, 1.82) is 0 Å². The molecule has 0 fully saturated rings.